The number of likely N-dealkylation sites (tertiary alicyclic amines) is 1. The molecule has 2 aliphatic heterocycles. The number of hydrogen-bond donors (Lipinski definition) is 3. The molecule has 0 aliphatic carbocycles. The van der Waals surface area contributed by atoms with E-state index in [1.165, 1.54) is 32.4 Å². The van der Waals surface area contributed by atoms with Crippen LogP contribution in [0.2, 0.25) is 0 Å². The highest BCUT2D eigenvalue weighted by atomic mass is 35.5. The van der Waals surface area contributed by atoms with Crippen LogP contribution >= 0.6 is 12.4 Å². The van der Waals surface area contributed by atoms with Crippen molar-refractivity contribution >= 4 is 30.1 Å². The summed E-state index contributed by atoms with van der Waals surface area (Å²) in [6.45, 7) is 5.85. The van der Waals surface area contributed by atoms with Crippen LogP contribution in [-0.4, -0.2) is 60.4 Å². The number of amides is 1. The lowest BCUT2D eigenvalue weighted by Gasteiger charge is -2.25. The van der Waals surface area contributed by atoms with Crippen molar-refractivity contribution in [3.8, 4) is 0 Å². The summed E-state index contributed by atoms with van der Waals surface area (Å²) < 4.78 is 0. The molecule has 1 atom stereocenters. The quantitative estimate of drug-likeness (QED) is 0.571. The third-order valence-corrected chi connectivity index (χ3v) is 4.71. The molecule has 8 heteroatoms. The van der Waals surface area contributed by atoms with E-state index < -0.39 is 11.9 Å². The summed E-state index contributed by atoms with van der Waals surface area (Å²) in [6, 6.07) is 0. The zero-order chi connectivity index (χ0) is 17.9. The summed E-state index contributed by atoms with van der Waals surface area (Å²) in [4.78, 5) is 34.4. The van der Waals surface area contributed by atoms with Gasteiger partial charge >= 0.3 is 5.97 Å². The Morgan fingerprint density at radius 2 is 2.00 bits per heavy atom. The zero-order valence-electron chi connectivity index (χ0n) is 15.0. The normalized spacial score (nSPS) is 18.8. The average molecular weight is 378 g/mol. The van der Waals surface area contributed by atoms with Gasteiger partial charge in [-0.2, -0.15) is 0 Å². The smallest absolute Gasteiger partial charge is 0.315 e. The number of ketones is 1. The fourth-order valence-corrected chi connectivity index (χ4v) is 3.07. The molecule has 25 heavy (non-hydrogen) atoms. The van der Waals surface area contributed by atoms with Gasteiger partial charge in [0.05, 0.1) is 0 Å². The molecule has 1 unspecified atom stereocenters. The minimum absolute atomic E-state index is 0. The zero-order valence-corrected chi connectivity index (χ0v) is 15.9. The Morgan fingerprint density at radius 1 is 1.36 bits per heavy atom. The number of carbonyl (C=O) groups excluding carboxylic acids is 2. The average Bonchev–Trinajstić information content (AvgIpc) is 2.99. The third-order valence-electron chi connectivity index (χ3n) is 4.71. The largest absolute Gasteiger partial charge is 0.481 e. The number of Topliss-reactive ketones (excluding diaryl/α,β-unsaturated/α-hetero) is 1. The SMILES string of the molecule is CCC(=O)C(CN)C(=O)O.Cl.O=C1CCCN1CCC1CCNCC1. The number of hydrogen-bond acceptors (Lipinski definition) is 5. The van der Waals surface area contributed by atoms with E-state index >= 15 is 0 Å². The molecule has 4 N–H and O–H groups in total. The number of nitrogens with zero attached hydrogens (tertiary/aromatic N) is 1. The summed E-state index contributed by atoms with van der Waals surface area (Å²) in [6.07, 6.45) is 5.89. The number of carbonyl (C=O) groups is 3. The van der Waals surface area contributed by atoms with Gasteiger partial charge in [-0.15, -0.1) is 12.4 Å². The molecule has 146 valence electrons. The molecular weight excluding hydrogens is 346 g/mol. The Kier molecular flexibility index (Phi) is 12.5. The number of nitrogens with one attached hydrogen (secondary N) is 1. The van der Waals surface area contributed by atoms with E-state index in [0.717, 1.165) is 31.8 Å². The topological polar surface area (TPSA) is 113 Å². The molecule has 0 spiro atoms. The van der Waals surface area contributed by atoms with Gasteiger partial charge in [0.25, 0.3) is 0 Å². The Bertz CT molecular complexity index is 428. The number of halogens is 1. The van der Waals surface area contributed by atoms with Crippen molar-refractivity contribution in [1.29, 1.82) is 0 Å². The molecule has 7 nitrogen and oxygen atoms in total. The van der Waals surface area contributed by atoms with E-state index in [1.807, 2.05) is 4.90 Å². The molecule has 2 fully saturated rings. The molecule has 0 aromatic heterocycles. The highest BCUT2D eigenvalue weighted by Gasteiger charge is 2.22. The van der Waals surface area contributed by atoms with Gasteiger partial charge in [-0.05, 0) is 44.7 Å². The van der Waals surface area contributed by atoms with E-state index in [9.17, 15) is 14.4 Å². The van der Waals surface area contributed by atoms with E-state index in [4.69, 9.17) is 10.8 Å². The van der Waals surface area contributed by atoms with Crippen molar-refractivity contribution in [1.82, 2.24) is 10.2 Å². The van der Waals surface area contributed by atoms with E-state index in [-0.39, 0.29) is 31.2 Å². The second-order valence-corrected chi connectivity index (χ2v) is 6.41. The van der Waals surface area contributed by atoms with Crippen LogP contribution < -0.4 is 11.1 Å². The van der Waals surface area contributed by atoms with Crippen molar-refractivity contribution in [2.24, 2.45) is 17.6 Å². The number of aliphatic carboxylic acids is 1. The van der Waals surface area contributed by atoms with Gasteiger partial charge in [-0.25, -0.2) is 0 Å². The molecule has 1 amide bonds. The van der Waals surface area contributed by atoms with Crippen LogP contribution in [0.5, 0.6) is 0 Å². The van der Waals surface area contributed by atoms with Crippen LogP contribution in [0.25, 0.3) is 0 Å². The Hall–Kier alpha value is -1.18. The van der Waals surface area contributed by atoms with Crippen molar-refractivity contribution in [2.45, 2.75) is 45.4 Å². The molecule has 0 aromatic carbocycles. The first-order chi connectivity index (χ1) is 11.5. The fourth-order valence-electron chi connectivity index (χ4n) is 3.07. The van der Waals surface area contributed by atoms with Crippen molar-refractivity contribution in [3.05, 3.63) is 0 Å². The molecule has 0 saturated carbocycles. The standard InChI is InChI=1S/C11H20N2O.C6H11NO3.ClH/c14-11-2-1-8-13(11)9-5-10-3-6-12-7-4-10;1-2-5(8)4(3-7)6(9)10;/h10,12H,1-9H2;4H,2-3,7H2,1H3,(H,9,10);1H. The summed E-state index contributed by atoms with van der Waals surface area (Å²) in [5, 5.41) is 11.7. The Balaban J connectivity index is 0.000000471. The molecular formula is C17H32ClN3O4. The van der Waals surface area contributed by atoms with Gasteiger partial charge < -0.3 is 21.1 Å². The second kappa shape index (κ2) is 13.1. The number of nitrogens with two attached hydrogens (primary N) is 1. The summed E-state index contributed by atoms with van der Waals surface area (Å²) in [7, 11) is 0. The maximum absolute atomic E-state index is 11.4. The fraction of sp³-hybridized carbons (Fsp3) is 0.824. The van der Waals surface area contributed by atoms with E-state index in [2.05, 4.69) is 5.32 Å². The number of piperidine rings is 1. The number of rotatable bonds is 7. The Labute approximate surface area is 156 Å². The van der Waals surface area contributed by atoms with Crippen molar-refractivity contribution in [2.75, 3.05) is 32.7 Å². The second-order valence-electron chi connectivity index (χ2n) is 6.41. The summed E-state index contributed by atoms with van der Waals surface area (Å²) in [5.74, 6) is -1.22. The Morgan fingerprint density at radius 3 is 2.40 bits per heavy atom. The highest BCUT2D eigenvalue weighted by molar-refractivity contribution is 5.98. The van der Waals surface area contributed by atoms with Gasteiger partial charge in [0.15, 0.2) is 0 Å². The van der Waals surface area contributed by atoms with Gasteiger partial charge in [0.2, 0.25) is 5.91 Å². The lowest BCUT2D eigenvalue weighted by molar-refractivity contribution is -0.145. The van der Waals surface area contributed by atoms with Gasteiger partial charge in [0, 0.05) is 32.5 Å². The van der Waals surface area contributed by atoms with Crippen molar-refractivity contribution < 1.29 is 19.5 Å². The van der Waals surface area contributed by atoms with Gasteiger partial charge in [0.1, 0.15) is 11.7 Å². The molecule has 2 saturated heterocycles. The first-order valence-electron chi connectivity index (χ1n) is 8.93. The van der Waals surface area contributed by atoms with E-state index in [0.29, 0.717) is 5.91 Å². The molecule has 0 radical (unpaired) electrons. The molecule has 0 aromatic rings. The maximum Gasteiger partial charge on any atom is 0.315 e. The van der Waals surface area contributed by atoms with Crippen LogP contribution in [0.1, 0.15) is 45.4 Å². The number of carboxylic acid groups (broad SMARTS) is 1. The minimum Gasteiger partial charge on any atom is -0.481 e. The number of carboxylic acids is 1. The predicted octanol–water partition coefficient (Wildman–Crippen LogP) is 1.05. The van der Waals surface area contributed by atoms with Gasteiger partial charge in [-0.1, -0.05) is 6.92 Å². The van der Waals surface area contributed by atoms with Gasteiger partial charge in [-0.3, -0.25) is 14.4 Å². The first kappa shape index (κ1) is 23.8. The summed E-state index contributed by atoms with van der Waals surface area (Å²) >= 11 is 0. The van der Waals surface area contributed by atoms with Crippen LogP contribution in [0.15, 0.2) is 0 Å². The lowest BCUT2D eigenvalue weighted by Crippen LogP contribution is -2.31. The van der Waals surface area contributed by atoms with Crippen LogP contribution in [0, 0.1) is 11.8 Å². The van der Waals surface area contributed by atoms with Crippen LogP contribution in [-0.2, 0) is 14.4 Å². The predicted molar refractivity (Wildman–Crippen MR) is 98.8 cm³/mol. The van der Waals surface area contributed by atoms with Crippen LogP contribution in [0.3, 0.4) is 0 Å². The lowest BCUT2D eigenvalue weighted by atomic mass is 9.94. The third kappa shape index (κ3) is 8.65. The molecule has 0 bridgehead atoms. The molecule has 2 rings (SSSR count). The van der Waals surface area contributed by atoms with E-state index in [1.54, 1.807) is 6.92 Å². The monoisotopic (exact) mass is 377 g/mol. The van der Waals surface area contributed by atoms with Crippen molar-refractivity contribution in [3.63, 3.8) is 0 Å². The first-order valence-corrected chi connectivity index (χ1v) is 8.93. The molecule has 2 heterocycles. The highest BCUT2D eigenvalue weighted by Crippen LogP contribution is 2.18. The summed E-state index contributed by atoms with van der Waals surface area (Å²) in [5.41, 5.74) is 5.05. The molecule has 2 aliphatic rings. The maximum atomic E-state index is 11.4. The minimum atomic E-state index is -1.13. The van der Waals surface area contributed by atoms with Crippen LogP contribution in [0.4, 0.5) is 0 Å².